The molecule has 4 heteroatoms. The molecule has 3 nitrogen and oxygen atoms in total. The van der Waals surface area contributed by atoms with Crippen molar-refractivity contribution in [2.24, 2.45) is 11.7 Å². The highest BCUT2D eigenvalue weighted by Crippen LogP contribution is 2.25. The van der Waals surface area contributed by atoms with Crippen molar-refractivity contribution in [3.8, 4) is 0 Å². The zero-order chi connectivity index (χ0) is 15.1. The van der Waals surface area contributed by atoms with Crippen LogP contribution < -0.4 is 11.1 Å². The van der Waals surface area contributed by atoms with Crippen molar-refractivity contribution in [1.82, 2.24) is 5.32 Å². The summed E-state index contributed by atoms with van der Waals surface area (Å²) in [5, 5.41) is 3.00. The number of rotatable bonds is 5. The molecule has 3 N–H and O–H groups in total. The third-order valence-corrected chi connectivity index (χ3v) is 4.41. The Labute approximate surface area is 132 Å². The van der Waals surface area contributed by atoms with Crippen LogP contribution in [0.2, 0.25) is 0 Å². The molecule has 114 valence electrons. The van der Waals surface area contributed by atoms with Crippen LogP contribution in [0.25, 0.3) is 0 Å². The number of nitrogens with two attached hydrogens (primary N) is 1. The molecule has 1 aromatic carbocycles. The zero-order valence-corrected chi connectivity index (χ0v) is 13.2. The number of thiocarbonyl (C=S) groups is 1. The van der Waals surface area contributed by atoms with E-state index in [-0.39, 0.29) is 11.9 Å². The number of hydrogen-bond donors (Lipinski definition) is 2. The average molecular weight is 304 g/mol. The van der Waals surface area contributed by atoms with E-state index in [1.54, 1.807) is 0 Å². The van der Waals surface area contributed by atoms with Crippen LogP contribution >= 0.6 is 12.2 Å². The van der Waals surface area contributed by atoms with Crippen molar-refractivity contribution >= 4 is 23.1 Å². The average Bonchev–Trinajstić information content (AvgIpc) is 2.74. The summed E-state index contributed by atoms with van der Waals surface area (Å²) in [5.41, 5.74) is 6.74. The Morgan fingerprint density at radius 2 is 1.81 bits per heavy atom. The molecule has 0 aliphatic heterocycles. The van der Waals surface area contributed by atoms with Crippen molar-refractivity contribution in [3.63, 3.8) is 0 Å². The van der Waals surface area contributed by atoms with Crippen molar-refractivity contribution in [2.45, 2.75) is 51.0 Å². The van der Waals surface area contributed by atoms with Crippen molar-refractivity contribution in [3.05, 3.63) is 35.9 Å². The van der Waals surface area contributed by atoms with Crippen molar-refractivity contribution < 1.29 is 4.79 Å². The molecule has 0 bridgehead atoms. The molecular weight excluding hydrogens is 280 g/mol. The summed E-state index contributed by atoms with van der Waals surface area (Å²) in [4.78, 5) is 12.6. The van der Waals surface area contributed by atoms with E-state index in [4.69, 9.17) is 18.0 Å². The predicted molar refractivity (Wildman–Crippen MR) is 89.9 cm³/mol. The predicted octanol–water partition coefficient (Wildman–Crippen LogP) is 3.49. The highest BCUT2D eigenvalue weighted by molar-refractivity contribution is 7.80. The Bertz CT molecular complexity index is 467. The summed E-state index contributed by atoms with van der Waals surface area (Å²) >= 11 is 5.11. The largest absolute Gasteiger partial charge is 0.391 e. The van der Waals surface area contributed by atoms with E-state index >= 15 is 0 Å². The monoisotopic (exact) mass is 304 g/mol. The van der Waals surface area contributed by atoms with Crippen LogP contribution in [0.5, 0.6) is 0 Å². The van der Waals surface area contributed by atoms with Gasteiger partial charge in [0.1, 0.15) is 11.0 Å². The van der Waals surface area contributed by atoms with Gasteiger partial charge in [0.15, 0.2) is 0 Å². The summed E-state index contributed by atoms with van der Waals surface area (Å²) in [7, 11) is 0. The first-order valence-corrected chi connectivity index (χ1v) is 8.21. The molecule has 1 atom stereocenters. The molecule has 0 radical (unpaired) electrons. The second-order valence-corrected chi connectivity index (χ2v) is 6.35. The molecule has 1 unspecified atom stereocenters. The van der Waals surface area contributed by atoms with Gasteiger partial charge in [-0.2, -0.15) is 0 Å². The third kappa shape index (κ3) is 5.12. The molecule has 1 fully saturated rings. The van der Waals surface area contributed by atoms with Gasteiger partial charge in [-0.1, -0.05) is 68.2 Å². The lowest BCUT2D eigenvalue weighted by atomic mass is 9.96. The SMILES string of the molecule is NC(=S)C(NC(=O)CC1CCCCCC1)c1ccccc1. The third-order valence-electron chi connectivity index (χ3n) is 4.17. The van der Waals surface area contributed by atoms with Crippen LogP contribution in [0.4, 0.5) is 0 Å². The minimum Gasteiger partial charge on any atom is -0.391 e. The minimum atomic E-state index is -0.362. The van der Waals surface area contributed by atoms with E-state index in [0.29, 0.717) is 17.3 Å². The van der Waals surface area contributed by atoms with E-state index in [1.165, 1.54) is 25.7 Å². The molecule has 1 amide bonds. The Kier molecular flexibility index (Phi) is 6.18. The summed E-state index contributed by atoms with van der Waals surface area (Å²) in [6.45, 7) is 0. The minimum absolute atomic E-state index is 0.0588. The van der Waals surface area contributed by atoms with Gasteiger partial charge in [-0.05, 0) is 24.3 Å². The molecule has 0 heterocycles. The maximum absolute atomic E-state index is 12.3. The zero-order valence-electron chi connectivity index (χ0n) is 12.4. The normalized spacial score (nSPS) is 17.7. The van der Waals surface area contributed by atoms with Gasteiger partial charge in [0.05, 0.1) is 0 Å². The van der Waals surface area contributed by atoms with Gasteiger partial charge in [-0.15, -0.1) is 0 Å². The van der Waals surface area contributed by atoms with Crippen molar-refractivity contribution in [1.29, 1.82) is 0 Å². The van der Waals surface area contributed by atoms with Crippen LogP contribution in [0.3, 0.4) is 0 Å². The second-order valence-electron chi connectivity index (χ2n) is 5.88. The van der Waals surface area contributed by atoms with Gasteiger partial charge in [0.2, 0.25) is 5.91 Å². The fourth-order valence-corrected chi connectivity index (χ4v) is 3.21. The Balaban J connectivity index is 1.94. The molecule has 1 aliphatic carbocycles. The first-order chi connectivity index (χ1) is 10.2. The molecule has 21 heavy (non-hydrogen) atoms. The van der Waals surface area contributed by atoms with Gasteiger partial charge < -0.3 is 11.1 Å². The fourth-order valence-electron chi connectivity index (χ4n) is 3.01. The van der Waals surface area contributed by atoms with Crippen LogP contribution in [-0.4, -0.2) is 10.9 Å². The number of carbonyl (C=O) groups is 1. The van der Waals surface area contributed by atoms with Gasteiger partial charge in [0, 0.05) is 6.42 Å². The van der Waals surface area contributed by atoms with Crippen molar-refractivity contribution in [2.75, 3.05) is 0 Å². The standard InChI is InChI=1S/C17H24N2OS/c18-17(21)16(14-10-6-3-7-11-14)19-15(20)12-13-8-4-1-2-5-9-13/h3,6-7,10-11,13,16H,1-2,4-5,8-9,12H2,(H2,18,21)(H,19,20). The molecule has 0 saturated heterocycles. The highest BCUT2D eigenvalue weighted by Gasteiger charge is 2.20. The lowest BCUT2D eigenvalue weighted by molar-refractivity contribution is -0.122. The van der Waals surface area contributed by atoms with Crippen LogP contribution in [0.15, 0.2) is 30.3 Å². The first kappa shape index (κ1) is 16.0. The van der Waals surface area contributed by atoms with Crippen LogP contribution in [0, 0.1) is 5.92 Å². The summed E-state index contributed by atoms with van der Waals surface area (Å²) in [6.07, 6.45) is 8.01. The van der Waals surface area contributed by atoms with Gasteiger partial charge in [-0.3, -0.25) is 4.79 Å². The smallest absolute Gasteiger partial charge is 0.221 e. The molecule has 0 spiro atoms. The first-order valence-electron chi connectivity index (χ1n) is 7.80. The van der Waals surface area contributed by atoms with E-state index < -0.39 is 0 Å². The second kappa shape index (κ2) is 8.13. The number of hydrogen-bond acceptors (Lipinski definition) is 2. The lowest BCUT2D eigenvalue weighted by Gasteiger charge is -2.20. The van der Waals surface area contributed by atoms with Gasteiger partial charge >= 0.3 is 0 Å². The number of amides is 1. The molecular formula is C17H24N2OS. The lowest BCUT2D eigenvalue weighted by Crippen LogP contribution is -2.37. The van der Waals surface area contributed by atoms with Crippen LogP contribution in [-0.2, 0) is 4.79 Å². The van der Waals surface area contributed by atoms with E-state index in [1.807, 2.05) is 30.3 Å². The summed E-state index contributed by atoms with van der Waals surface area (Å²) in [6, 6.07) is 9.31. The molecule has 2 rings (SSSR count). The number of carbonyl (C=O) groups excluding carboxylic acids is 1. The van der Waals surface area contributed by atoms with Gasteiger partial charge in [-0.25, -0.2) is 0 Å². The van der Waals surface area contributed by atoms with Gasteiger partial charge in [0.25, 0.3) is 0 Å². The highest BCUT2D eigenvalue weighted by atomic mass is 32.1. The molecule has 1 saturated carbocycles. The van der Waals surface area contributed by atoms with E-state index in [9.17, 15) is 4.79 Å². The molecule has 1 aliphatic rings. The molecule has 1 aromatic rings. The topological polar surface area (TPSA) is 55.1 Å². The Morgan fingerprint density at radius 1 is 1.19 bits per heavy atom. The maximum Gasteiger partial charge on any atom is 0.221 e. The Morgan fingerprint density at radius 3 is 2.38 bits per heavy atom. The van der Waals surface area contributed by atoms with E-state index in [2.05, 4.69) is 5.32 Å². The summed E-state index contributed by atoms with van der Waals surface area (Å²) < 4.78 is 0. The Hall–Kier alpha value is -1.42. The molecule has 0 aromatic heterocycles. The number of nitrogens with one attached hydrogen (secondary N) is 1. The summed E-state index contributed by atoms with van der Waals surface area (Å²) in [5.74, 6) is 0.568. The van der Waals surface area contributed by atoms with E-state index in [0.717, 1.165) is 18.4 Å². The quantitative estimate of drug-likeness (QED) is 0.647. The van der Waals surface area contributed by atoms with Crippen LogP contribution in [0.1, 0.15) is 56.6 Å². The fraction of sp³-hybridized carbons (Fsp3) is 0.529. The maximum atomic E-state index is 12.3. The number of benzene rings is 1.